The van der Waals surface area contributed by atoms with Gasteiger partial charge in [-0.2, -0.15) is 0 Å². The molecule has 0 radical (unpaired) electrons. The average molecular weight is 169 g/mol. The zero-order chi connectivity index (χ0) is 8.55. The first kappa shape index (κ1) is 8.52. The van der Waals surface area contributed by atoms with Gasteiger partial charge >= 0.3 is 0 Å². The van der Waals surface area contributed by atoms with Crippen LogP contribution in [0.25, 0.3) is 0 Å². The van der Waals surface area contributed by atoms with E-state index in [1.165, 1.54) is 25.8 Å². The van der Waals surface area contributed by atoms with E-state index in [9.17, 15) is 0 Å². The molecule has 0 N–H and O–H groups in total. The maximum Gasteiger partial charge on any atom is 0.0729 e. The molecule has 2 heteroatoms. The van der Waals surface area contributed by atoms with Gasteiger partial charge in [0.2, 0.25) is 0 Å². The van der Waals surface area contributed by atoms with E-state index in [-0.39, 0.29) is 0 Å². The first-order valence-electron chi connectivity index (χ1n) is 5.02. The lowest BCUT2D eigenvalue weighted by Crippen LogP contribution is -2.46. The van der Waals surface area contributed by atoms with Gasteiger partial charge in [-0.25, -0.2) is 0 Å². The molecule has 3 atom stereocenters. The van der Waals surface area contributed by atoms with E-state index in [4.69, 9.17) is 4.74 Å². The van der Waals surface area contributed by atoms with Gasteiger partial charge in [0, 0.05) is 20.2 Å². The van der Waals surface area contributed by atoms with Gasteiger partial charge in [0.25, 0.3) is 0 Å². The van der Waals surface area contributed by atoms with Crippen molar-refractivity contribution in [2.75, 3.05) is 27.2 Å². The first-order chi connectivity index (χ1) is 5.81. The molecule has 2 fully saturated rings. The molecule has 70 valence electrons. The maximum atomic E-state index is 5.53. The predicted molar refractivity (Wildman–Crippen MR) is 49.1 cm³/mol. The van der Waals surface area contributed by atoms with E-state index in [1.807, 2.05) is 7.11 Å². The first-order valence-corrected chi connectivity index (χ1v) is 5.02. The number of nitrogens with zero attached hydrogens (tertiary/aromatic N) is 1. The van der Waals surface area contributed by atoms with Crippen LogP contribution in [-0.2, 0) is 4.74 Å². The lowest BCUT2D eigenvalue weighted by Gasteiger charge is -2.38. The third-order valence-corrected chi connectivity index (χ3v) is 3.54. The molecule has 12 heavy (non-hydrogen) atoms. The van der Waals surface area contributed by atoms with Crippen LogP contribution >= 0.6 is 0 Å². The number of likely N-dealkylation sites (N-methyl/N-ethyl adjacent to an activating group) is 1. The number of ether oxygens (including phenoxy) is 1. The summed E-state index contributed by atoms with van der Waals surface area (Å²) in [6.45, 7) is 2.43. The van der Waals surface area contributed by atoms with E-state index >= 15 is 0 Å². The second-order valence-corrected chi connectivity index (χ2v) is 4.35. The zero-order valence-corrected chi connectivity index (χ0v) is 8.12. The number of methoxy groups -OCH3 is 1. The molecule has 2 aliphatic rings. The Bertz CT molecular complexity index is 160. The van der Waals surface area contributed by atoms with Crippen LogP contribution in [0.4, 0.5) is 0 Å². The molecule has 0 aromatic heterocycles. The predicted octanol–water partition coefficient (Wildman–Crippen LogP) is 1.36. The van der Waals surface area contributed by atoms with Gasteiger partial charge in [-0.15, -0.1) is 0 Å². The van der Waals surface area contributed by atoms with Gasteiger partial charge in [-0.3, -0.25) is 0 Å². The quantitative estimate of drug-likeness (QED) is 0.587. The van der Waals surface area contributed by atoms with Crippen molar-refractivity contribution in [2.24, 2.45) is 11.8 Å². The lowest BCUT2D eigenvalue weighted by molar-refractivity contribution is -0.0223. The molecule has 1 heterocycles. The number of likely N-dealkylation sites (tertiary alicyclic amines) is 1. The summed E-state index contributed by atoms with van der Waals surface area (Å²) in [4.78, 5) is 2.42. The molecule has 1 aliphatic heterocycles. The number of hydrogen-bond acceptors (Lipinski definition) is 2. The minimum Gasteiger partial charge on any atom is -0.380 e. The van der Waals surface area contributed by atoms with Gasteiger partial charge in [0.05, 0.1) is 6.10 Å². The number of rotatable bonds is 1. The molecule has 3 unspecified atom stereocenters. The summed E-state index contributed by atoms with van der Waals surface area (Å²) in [5, 5.41) is 0. The Morgan fingerprint density at radius 1 is 1.25 bits per heavy atom. The summed E-state index contributed by atoms with van der Waals surface area (Å²) in [7, 11) is 4.07. The lowest BCUT2D eigenvalue weighted by atomic mass is 9.86. The van der Waals surface area contributed by atoms with E-state index in [1.54, 1.807) is 0 Å². The highest BCUT2D eigenvalue weighted by atomic mass is 16.5. The molecular weight excluding hydrogens is 150 g/mol. The van der Waals surface area contributed by atoms with Crippen LogP contribution in [0.3, 0.4) is 0 Å². The van der Waals surface area contributed by atoms with E-state index in [0.29, 0.717) is 6.10 Å². The standard InChI is InChI=1S/C10H19NO/c1-11-6-8-4-3-5-9(8)10(7-11)12-2/h8-10H,3-7H2,1-2H3. The van der Waals surface area contributed by atoms with Crippen molar-refractivity contribution >= 4 is 0 Å². The molecule has 0 amide bonds. The van der Waals surface area contributed by atoms with Gasteiger partial charge < -0.3 is 9.64 Å². The highest BCUT2D eigenvalue weighted by molar-refractivity contribution is 4.90. The second-order valence-electron chi connectivity index (χ2n) is 4.35. The Kier molecular flexibility index (Phi) is 2.37. The number of piperidine rings is 1. The van der Waals surface area contributed by atoms with Crippen molar-refractivity contribution in [3.63, 3.8) is 0 Å². The van der Waals surface area contributed by atoms with Crippen molar-refractivity contribution in [1.29, 1.82) is 0 Å². The van der Waals surface area contributed by atoms with Crippen LogP contribution < -0.4 is 0 Å². The monoisotopic (exact) mass is 169 g/mol. The Labute approximate surface area is 74.9 Å². The minimum absolute atomic E-state index is 0.510. The summed E-state index contributed by atoms with van der Waals surface area (Å²) in [5.74, 6) is 1.79. The van der Waals surface area contributed by atoms with E-state index in [0.717, 1.165) is 18.4 Å². The molecule has 0 aromatic rings. The molecular formula is C10H19NO. The topological polar surface area (TPSA) is 12.5 Å². The van der Waals surface area contributed by atoms with Crippen LogP contribution in [0.5, 0.6) is 0 Å². The van der Waals surface area contributed by atoms with Crippen LogP contribution in [-0.4, -0.2) is 38.3 Å². The molecule has 2 rings (SSSR count). The smallest absolute Gasteiger partial charge is 0.0729 e. The number of fused-ring (bicyclic) bond motifs is 1. The van der Waals surface area contributed by atoms with E-state index < -0.39 is 0 Å². The summed E-state index contributed by atoms with van der Waals surface area (Å²) < 4.78 is 5.53. The van der Waals surface area contributed by atoms with E-state index in [2.05, 4.69) is 11.9 Å². The summed E-state index contributed by atoms with van der Waals surface area (Å²) in [6.07, 6.45) is 4.76. The Morgan fingerprint density at radius 3 is 2.83 bits per heavy atom. The van der Waals surface area contributed by atoms with Crippen LogP contribution in [0, 0.1) is 11.8 Å². The summed E-state index contributed by atoms with van der Waals surface area (Å²) in [5.41, 5.74) is 0. The van der Waals surface area contributed by atoms with Crippen molar-refractivity contribution in [3.8, 4) is 0 Å². The third-order valence-electron chi connectivity index (χ3n) is 3.54. The molecule has 0 spiro atoms. The Hall–Kier alpha value is -0.0800. The second kappa shape index (κ2) is 3.35. The van der Waals surface area contributed by atoms with Crippen LogP contribution in [0.1, 0.15) is 19.3 Å². The van der Waals surface area contributed by atoms with Gasteiger partial charge in [0.15, 0.2) is 0 Å². The molecule has 2 nitrogen and oxygen atoms in total. The normalized spacial score (nSPS) is 43.0. The fourth-order valence-electron chi connectivity index (χ4n) is 2.95. The van der Waals surface area contributed by atoms with Crippen LogP contribution in [0.2, 0.25) is 0 Å². The minimum atomic E-state index is 0.510. The van der Waals surface area contributed by atoms with Crippen LogP contribution in [0.15, 0.2) is 0 Å². The third kappa shape index (κ3) is 1.38. The number of hydrogen-bond donors (Lipinski definition) is 0. The fraction of sp³-hybridized carbons (Fsp3) is 1.00. The highest BCUT2D eigenvalue weighted by Crippen LogP contribution is 2.38. The SMILES string of the molecule is COC1CN(C)CC2CCCC21. The van der Waals surface area contributed by atoms with Gasteiger partial charge in [0.1, 0.15) is 0 Å². The average Bonchev–Trinajstić information content (AvgIpc) is 2.50. The summed E-state index contributed by atoms with van der Waals surface area (Å²) >= 11 is 0. The molecule has 1 aliphatic carbocycles. The molecule has 1 saturated heterocycles. The fourth-order valence-corrected chi connectivity index (χ4v) is 2.95. The highest BCUT2D eigenvalue weighted by Gasteiger charge is 2.38. The summed E-state index contributed by atoms with van der Waals surface area (Å²) in [6, 6.07) is 0. The molecule has 0 aromatic carbocycles. The van der Waals surface area contributed by atoms with Gasteiger partial charge in [-0.05, 0) is 31.7 Å². The van der Waals surface area contributed by atoms with Gasteiger partial charge in [-0.1, -0.05) is 6.42 Å². The molecule has 1 saturated carbocycles. The zero-order valence-electron chi connectivity index (χ0n) is 8.12. The Morgan fingerprint density at radius 2 is 2.08 bits per heavy atom. The Balaban J connectivity index is 2.04. The van der Waals surface area contributed by atoms with Crippen molar-refractivity contribution in [1.82, 2.24) is 4.90 Å². The van der Waals surface area contributed by atoms with Crippen molar-refractivity contribution in [3.05, 3.63) is 0 Å². The van der Waals surface area contributed by atoms with Crippen molar-refractivity contribution < 1.29 is 4.74 Å². The molecule has 0 bridgehead atoms. The van der Waals surface area contributed by atoms with Crippen molar-refractivity contribution in [2.45, 2.75) is 25.4 Å². The maximum absolute atomic E-state index is 5.53. The largest absolute Gasteiger partial charge is 0.380 e.